The predicted molar refractivity (Wildman–Crippen MR) is 97.2 cm³/mol. The van der Waals surface area contributed by atoms with Crippen LogP contribution in [-0.4, -0.2) is 37.6 Å². The summed E-state index contributed by atoms with van der Waals surface area (Å²) in [4.78, 5) is 18.7. The molecule has 4 nitrogen and oxygen atoms in total. The highest BCUT2D eigenvalue weighted by Gasteiger charge is 2.19. The smallest absolute Gasteiger partial charge is 0.186 e. The first-order chi connectivity index (χ1) is 12.2. The Balaban J connectivity index is 1.67. The maximum atomic E-state index is 14.5. The second-order valence-electron chi connectivity index (χ2n) is 5.99. The number of benzene rings is 2. The Morgan fingerprint density at radius 2 is 1.92 bits per heavy atom. The fourth-order valence-electron chi connectivity index (χ4n) is 3.03. The molecule has 0 unspecified atom stereocenters. The molecule has 6 heteroatoms. The highest BCUT2D eigenvalue weighted by Crippen LogP contribution is 2.29. The summed E-state index contributed by atoms with van der Waals surface area (Å²) in [6.45, 7) is 2.83. The zero-order valence-electron chi connectivity index (χ0n) is 13.6. The molecule has 25 heavy (non-hydrogen) atoms. The largest absolute Gasteiger partial charge is 0.378 e. The van der Waals surface area contributed by atoms with Crippen molar-refractivity contribution in [3.63, 3.8) is 0 Å². The minimum absolute atomic E-state index is 0.267. The van der Waals surface area contributed by atoms with E-state index in [2.05, 4.69) is 9.88 Å². The zero-order valence-corrected chi connectivity index (χ0v) is 14.4. The first kappa shape index (κ1) is 16.2. The maximum absolute atomic E-state index is 14.5. The molecule has 1 aliphatic heterocycles. The van der Waals surface area contributed by atoms with Crippen LogP contribution in [0.1, 0.15) is 20.9 Å². The van der Waals surface area contributed by atoms with Crippen LogP contribution in [0.15, 0.2) is 36.4 Å². The van der Waals surface area contributed by atoms with Crippen LogP contribution in [0, 0.1) is 5.82 Å². The van der Waals surface area contributed by atoms with Crippen LogP contribution in [0.25, 0.3) is 10.8 Å². The van der Waals surface area contributed by atoms with Crippen LogP contribution < -0.4 is 4.90 Å². The molecule has 0 bridgehead atoms. The fraction of sp³-hybridized carbons (Fsp3) is 0.263. The van der Waals surface area contributed by atoms with Gasteiger partial charge in [0, 0.05) is 19.5 Å². The minimum Gasteiger partial charge on any atom is -0.378 e. The summed E-state index contributed by atoms with van der Waals surface area (Å²) in [6.07, 6.45) is 1.13. The average molecular weight is 356 g/mol. The summed E-state index contributed by atoms with van der Waals surface area (Å²) < 4.78 is 19.8. The van der Waals surface area contributed by atoms with Crippen molar-refractivity contribution in [2.45, 2.75) is 6.42 Å². The van der Waals surface area contributed by atoms with E-state index in [-0.39, 0.29) is 5.82 Å². The van der Waals surface area contributed by atoms with E-state index in [1.165, 1.54) is 11.3 Å². The lowest BCUT2D eigenvalue weighted by molar-refractivity contribution is 0.112. The van der Waals surface area contributed by atoms with E-state index in [1.54, 1.807) is 6.07 Å². The Bertz CT molecular complexity index is 919. The molecule has 2 heterocycles. The van der Waals surface area contributed by atoms with Crippen molar-refractivity contribution >= 4 is 33.5 Å². The number of fused-ring (bicyclic) bond motifs is 1. The first-order valence-electron chi connectivity index (χ1n) is 8.19. The number of anilines is 1. The Morgan fingerprint density at radius 3 is 2.64 bits per heavy atom. The van der Waals surface area contributed by atoms with E-state index in [0.29, 0.717) is 35.8 Å². The van der Waals surface area contributed by atoms with Crippen molar-refractivity contribution in [1.29, 1.82) is 0 Å². The van der Waals surface area contributed by atoms with Crippen molar-refractivity contribution in [2.75, 3.05) is 31.2 Å². The van der Waals surface area contributed by atoms with Crippen LogP contribution in [0.4, 0.5) is 9.52 Å². The molecule has 0 atom stereocenters. The number of rotatable bonds is 4. The highest BCUT2D eigenvalue weighted by atomic mass is 32.1. The summed E-state index contributed by atoms with van der Waals surface area (Å²) in [7, 11) is 0. The number of carbonyl (C=O) groups excluding carboxylic acids is 1. The van der Waals surface area contributed by atoms with Gasteiger partial charge >= 0.3 is 0 Å². The van der Waals surface area contributed by atoms with Crippen LogP contribution >= 0.6 is 11.3 Å². The van der Waals surface area contributed by atoms with E-state index in [1.807, 2.05) is 30.3 Å². The lowest BCUT2D eigenvalue weighted by Gasteiger charge is -2.26. The third-order valence-electron chi connectivity index (χ3n) is 4.38. The van der Waals surface area contributed by atoms with E-state index in [0.717, 1.165) is 35.3 Å². The number of nitrogens with zero attached hydrogens (tertiary/aromatic N) is 2. The summed E-state index contributed by atoms with van der Waals surface area (Å²) in [5.41, 5.74) is 1.19. The van der Waals surface area contributed by atoms with Gasteiger partial charge in [-0.1, -0.05) is 35.6 Å². The van der Waals surface area contributed by atoms with E-state index < -0.39 is 0 Å². The normalized spacial score (nSPS) is 14.8. The molecule has 1 aromatic heterocycles. The van der Waals surface area contributed by atoms with Gasteiger partial charge in [0.1, 0.15) is 5.82 Å². The van der Waals surface area contributed by atoms with Crippen molar-refractivity contribution < 1.29 is 13.9 Å². The molecule has 0 amide bonds. The zero-order chi connectivity index (χ0) is 17.2. The Labute approximate surface area is 148 Å². The van der Waals surface area contributed by atoms with Crippen molar-refractivity contribution in [3.05, 3.63) is 58.3 Å². The molecule has 1 fully saturated rings. The summed E-state index contributed by atoms with van der Waals surface area (Å²) in [6, 6.07) is 11.0. The SMILES string of the molecule is O=Cc1sc(N2CCOCC2)nc1Cc1cc2ccccc2cc1F. The number of hydrogen-bond acceptors (Lipinski definition) is 5. The summed E-state index contributed by atoms with van der Waals surface area (Å²) in [5, 5.41) is 2.66. The maximum Gasteiger partial charge on any atom is 0.186 e. The van der Waals surface area contributed by atoms with Crippen LogP contribution in [0.5, 0.6) is 0 Å². The molecular formula is C19H17FN2O2S. The van der Waals surface area contributed by atoms with Crippen molar-refractivity contribution in [2.24, 2.45) is 0 Å². The lowest BCUT2D eigenvalue weighted by atomic mass is 10.0. The highest BCUT2D eigenvalue weighted by molar-refractivity contribution is 7.17. The monoisotopic (exact) mass is 356 g/mol. The summed E-state index contributed by atoms with van der Waals surface area (Å²) >= 11 is 1.36. The van der Waals surface area contributed by atoms with Gasteiger partial charge in [-0.05, 0) is 28.5 Å². The van der Waals surface area contributed by atoms with Crippen LogP contribution in [0.3, 0.4) is 0 Å². The van der Waals surface area contributed by atoms with Crippen molar-refractivity contribution in [1.82, 2.24) is 4.98 Å². The molecular weight excluding hydrogens is 339 g/mol. The van der Waals surface area contributed by atoms with Gasteiger partial charge in [0.15, 0.2) is 11.4 Å². The van der Waals surface area contributed by atoms with Gasteiger partial charge in [-0.2, -0.15) is 0 Å². The number of thiazole rings is 1. The van der Waals surface area contributed by atoms with Gasteiger partial charge in [-0.3, -0.25) is 4.79 Å². The number of aromatic nitrogens is 1. The van der Waals surface area contributed by atoms with Crippen LogP contribution in [-0.2, 0) is 11.2 Å². The first-order valence-corrected chi connectivity index (χ1v) is 9.01. The Kier molecular flexibility index (Phi) is 4.46. The van der Waals surface area contributed by atoms with Gasteiger partial charge < -0.3 is 9.64 Å². The van der Waals surface area contributed by atoms with Gasteiger partial charge in [-0.25, -0.2) is 9.37 Å². The molecule has 0 radical (unpaired) electrons. The minimum atomic E-state index is -0.267. The molecule has 0 N–H and O–H groups in total. The van der Waals surface area contributed by atoms with E-state index in [4.69, 9.17) is 4.74 Å². The predicted octanol–water partition coefficient (Wildman–Crippen LogP) is 3.68. The molecule has 1 saturated heterocycles. The second-order valence-corrected chi connectivity index (χ2v) is 7.00. The molecule has 0 saturated carbocycles. The van der Waals surface area contributed by atoms with Crippen molar-refractivity contribution in [3.8, 4) is 0 Å². The standard InChI is InChI=1S/C19H17FN2O2S/c20-16-10-14-4-2-1-3-13(14)9-15(16)11-17-18(12-23)25-19(21-17)22-5-7-24-8-6-22/h1-4,9-10,12H,5-8,11H2. The van der Waals surface area contributed by atoms with E-state index >= 15 is 0 Å². The lowest BCUT2D eigenvalue weighted by Crippen LogP contribution is -2.36. The Hall–Kier alpha value is -2.31. The number of carbonyl (C=O) groups is 1. The topological polar surface area (TPSA) is 42.4 Å². The second kappa shape index (κ2) is 6.90. The van der Waals surface area contributed by atoms with E-state index in [9.17, 15) is 9.18 Å². The molecule has 0 spiro atoms. The molecule has 0 aliphatic carbocycles. The number of aldehydes is 1. The third kappa shape index (κ3) is 3.27. The fourth-order valence-corrected chi connectivity index (χ4v) is 3.98. The molecule has 128 valence electrons. The summed E-state index contributed by atoms with van der Waals surface area (Å²) in [5.74, 6) is -0.267. The van der Waals surface area contributed by atoms with Gasteiger partial charge in [0.25, 0.3) is 0 Å². The number of morpholine rings is 1. The van der Waals surface area contributed by atoms with Gasteiger partial charge in [0.05, 0.1) is 23.8 Å². The van der Waals surface area contributed by atoms with Gasteiger partial charge in [-0.15, -0.1) is 0 Å². The average Bonchev–Trinajstić information content (AvgIpc) is 3.06. The number of halogens is 1. The number of ether oxygens (including phenoxy) is 1. The Morgan fingerprint density at radius 1 is 1.20 bits per heavy atom. The number of hydrogen-bond donors (Lipinski definition) is 0. The third-order valence-corrected chi connectivity index (χ3v) is 5.46. The molecule has 4 rings (SSSR count). The van der Waals surface area contributed by atoms with Crippen LogP contribution in [0.2, 0.25) is 0 Å². The molecule has 1 aliphatic rings. The van der Waals surface area contributed by atoms with Gasteiger partial charge in [0.2, 0.25) is 0 Å². The molecule has 2 aromatic carbocycles. The molecule has 3 aromatic rings. The quantitative estimate of drug-likeness (QED) is 0.669.